The van der Waals surface area contributed by atoms with Crippen molar-refractivity contribution in [3.8, 4) is 0 Å². The van der Waals surface area contributed by atoms with Crippen LogP contribution in [-0.4, -0.2) is 16.3 Å². The first-order valence-electron chi connectivity index (χ1n) is 7.52. The van der Waals surface area contributed by atoms with Gasteiger partial charge in [-0.1, -0.05) is 49.4 Å². The smallest absolute Gasteiger partial charge is 0.195 e. The van der Waals surface area contributed by atoms with Gasteiger partial charge in [-0.15, -0.1) is 0 Å². The van der Waals surface area contributed by atoms with Crippen LogP contribution in [0.15, 0.2) is 60.9 Å². The molecule has 1 heterocycles. The largest absolute Gasteiger partial charge is 0.548 e. The van der Waals surface area contributed by atoms with E-state index in [0.29, 0.717) is 17.5 Å². The molecule has 0 bridgehead atoms. The lowest BCUT2D eigenvalue weighted by Crippen LogP contribution is -2.32. The van der Waals surface area contributed by atoms with Gasteiger partial charge >= 0.3 is 0 Å². The Morgan fingerprint density at radius 2 is 1.83 bits per heavy atom. The number of nitrogens with zero attached hydrogens (tertiary/aromatic N) is 1. The highest BCUT2D eigenvalue weighted by Gasteiger charge is 2.16. The number of rotatable bonds is 5. The highest BCUT2D eigenvalue weighted by molar-refractivity contribution is 6.16. The van der Waals surface area contributed by atoms with Gasteiger partial charge in [-0.25, -0.2) is 0 Å². The molecule has 1 aromatic heterocycles. The normalized spacial score (nSPS) is 12.2. The Morgan fingerprint density at radius 3 is 2.57 bits per heavy atom. The van der Waals surface area contributed by atoms with Crippen molar-refractivity contribution in [1.82, 2.24) is 4.57 Å². The molecule has 0 amide bonds. The highest BCUT2D eigenvalue weighted by atomic mass is 16.4. The molecule has 0 aliphatic carbocycles. The monoisotopic (exact) mass is 306 g/mol. The molecule has 0 spiro atoms. The van der Waals surface area contributed by atoms with Gasteiger partial charge in [0.15, 0.2) is 5.78 Å². The van der Waals surface area contributed by atoms with Crippen LogP contribution in [0.2, 0.25) is 0 Å². The van der Waals surface area contributed by atoms with E-state index >= 15 is 0 Å². The molecule has 0 fully saturated rings. The summed E-state index contributed by atoms with van der Waals surface area (Å²) in [7, 11) is 0. The first-order valence-corrected chi connectivity index (χ1v) is 7.52. The summed E-state index contributed by atoms with van der Waals surface area (Å²) in [5, 5.41) is 13.0. The molecule has 0 radical (unpaired) electrons. The molecule has 4 heteroatoms. The highest BCUT2D eigenvalue weighted by Crippen LogP contribution is 2.22. The second-order valence-electron chi connectivity index (χ2n) is 5.45. The molecule has 0 saturated heterocycles. The van der Waals surface area contributed by atoms with E-state index in [0.717, 1.165) is 10.8 Å². The predicted octanol–water partition coefficient (Wildman–Crippen LogP) is 2.57. The number of carboxylic acid groups (broad SMARTS) is 1. The summed E-state index contributed by atoms with van der Waals surface area (Å²) < 4.78 is 1.52. The first-order chi connectivity index (χ1) is 11.1. The number of hydrogen-bond donors (Lipinski definition) is 0. The van der Waals surface area contributed by atoms with Crippen LogP contribution in [0.5, 0.6) is 0 Å². The van der Waals surface area contributed by atoms with Crippen LogP contribution in [0, 0.1) is 0 Å². The van der Waals surface area contributed by atoms with Gasteiger partial charge in [0.05, 0.1) is 12.0 Å². The molecule has 4 nitrogen and oxygen atoms in total. The molecule has 116 valence electrons. The molecular weight excluding hydrogens is 290 g/mol. The summed E-state index contributed by atoms with van der Waals surface area (Å²) in [5.41, 5.74) is 1.09. The van der Waals surface area contributed by atoms with E-state index in [2.05, 4.69) is 0 Å². The van der Waals surface area contributed by atoms with Gasteiger partial charge in [-0.3, -0.25) is 4.79 Å². The third-order valence-corrected chi connectivity index (χ3v) is 4.03. The molecule has 0 aliphatic heterocycles. The molecule has 1 unspecified atom stereocenters. The van der Waals surface area contributed by atoms with E-state index in [9.17, 15) is 14.7 Å². The quantitative estimate of drug-likeness (QED) is 0.681. The SMILES string of the molecule is CCC(C(=O)[O-])n1ccc(C(=O)c2cccc3ccccc23)c1. The average Bonchev–Trinajstić information content (AvgIpc) is 3.03. The number of carboxylic acids is 1. The Labute approximate surface area is 134 Å². The van der Waals surface area contributed by atoms with Crippen molar-refractivity contribution in [2.45, 2.75) is 19.4 Å². The van der Waals surface area contributed by atoms with Crippen LogP contribution in [0.25, 0.3) is 10.8 Å². The standard InChI is InChI=1S/C19H17NO3/c1-2-17(19(22)23)20-11-10-14(12-20)18(21)16-9-5-7-13-6-3-4-8-15(13)16/h3-12,17H,2H2,1H3,(H,22,23)/p-1. The summed E-state index contributed by atoms with van der Waals surface area (Å²) in [6.07, 6.45) is 3.59. The van der Waals surface area contributed by atoms with Crippen LogP contribution in [0.1, 0.15) is 35.3 Å². The minimum atomic E-state index is -1.15. The van der Waals surface area contributed by atoms with Crippen LogP contribution in [0.4, 0.5) is 0 Å². The van der Waals surface area contributed by atoms with E-state index in [-0.39, 0.29) is 5.78 Å². The second kappa shape index (κ2) is 6.08. The lowest BCUT2D eigenvalue weighted by atomic mass is 9.99. The molecule has 0 aliphatic rings. The van der Waals surface area contributed by atoms with E-state index in [4.69, 9.17) is 0 Å². The number of benzene rings is 2. The Hall–Kier alpha value is -2.88. The second-order valence-corrected chi connectivity index (χ2v) is 5.45. The fourth-order valence-corrected chi connectivity index (χ4v) is 2.82. The molecule has 2 aromatic carbocycles. The summed E-state index contributed by atoms with van der Waals surface area (Å²) in [6.45, 7) is 1.77. The third kappa shape index (κ3) is 2.75. The lowest BCUT2D eigenvalue weighted by Gasteiger charge is -2.17. The van der Waals surface area contributed by atoms with Crippen molar-refractivity contribution in [2.24, 2.45) is 0 Å². The number of carbonyl (C=O) groups is 2. The van der Waals surface area contributed by atoms with Gasteiger partial charge < -0.3 is 14.5 Å². The molecular formula is C19H16NO3-. The Morgan fingerprint density at radius 1 is 1.09 bits per heavy atom. The maximum absolute atomic E-state index is 12.8. The molecule has 3 aromatic rings. The molecule has 0 N–H and O–H groups in total. The summed E-state index contributed by atoms with van der Waals surface area (Å²) in [5.74, 6) is -1.26. The molecule has 3 rings (SSSR count). The fourth-order valence-electron chi connectivity index (χ4n) is 2.82. The first kappa shape index (κ1) is 15.0. The van der Waals surface area contributed by atoms with Crippen molar-refractivity contribution >= 4 is 22.5 Å². The minimum Gasteiger partial charge on any atom is -0.548 e. The van der Waals surface area contributed by atoms with Gasteiger partial charge in [0, 0.05) is 23.5 Å². The van der Waals surface area contributed by atoms with Crippen molar-refractivity contribution in [3.63, 3.8) is 0 Å². The Balaban J connectivity index is 2.00. The number of aliphatic carboxylic acids is 1. The number of aromatic nitrogens is 1. The number of fused-ring (bicyclic) bond motifs is 1. The van der Waals surface area contributed by atoms with E-state index < -0.39 is 12.0 Å². The molecule has 23 heavy (non-hydrogen) atoms. The van der Waals surface area contributed by atoms with Crippen LogP contribution < -0.4 is 5.11 Å². The average molecular weight is 306 g/mol. The van der Waals surface area contributed by atoms with Crippen LogP contribution >= 0.6 is 0 Å². The van der Waals surface area contributed by atoms with E-state index in [1.165, 1.54) is 4.57 Å². The van der Waals surface area contributed by atoms with Crippen LogP contribution in [0.3, 0.4) is 0 Å². The maximum Gasteiger partial charge on any atom is 0.195 e. The minimum absolute atomic E-state index is 0.117. The van der Waals surface area contributed by atoms with Crippen molar-refractivity contribution in [3.05, 3.63) is 72.1 Å². The van der Waals surface area contributed by atoms with Crippen LogP contribution in [-0.2, 0) is 4.79 Å². The fraction of sp³-hybridized carbons (Fsp3) is 0.158. The topological polar surface area (TPSA) is 62.1 Å². The van der Waals surface area contributed by atoms with Crippen molar-refractivity contribution in [1.29, 1.82) is 0 Å². The lowest BCUT2D eigenvalue weighted by molar-refractivity contribution is -0.310. The summed E-state index contributed by atoms with van der Waals surface area (Å²) in [6, 6.07) is 14.2. The number of carbonyl (C=O) groups excluding carboxylic acids is 2. The van der Waals surface area contributed by atoms with Gasteiger partial charge in [0.25, 0.3) is 0 Å². The number of hydrogen-bond acceptors (Lipinski definition) is 3. The van der Waals surface area contributed by atoms with Crippen molar-refractivity contribution < 1.29 is 14.7 Å². The summed E-state index contributed by atoms with van der Waals surface area (Å²) >= 11 is 0. The van der Waals surface area contributed by atoms with Gasteiger partial charge in [-0.05, 0) is 23.3 Å². The zero-order valence-electron chi connectivity index (χ0n) is 12.7. The zero-order chi connectivity index (χ0) is 16.4. The Bertz CT molecular complexity index is 874. The maximum atomic E-state index is 12.8. The van der Waals surface area contributed by atoms with Gasteiger partial charge in [-0.2, -0.15) is 0 Å². The zero-order valence-corrected chi connectivity index (χ0v) is 12.7. The third-order valence-electron chi connectivity index (χ3n) is 4.03. The van der Waals surface area contributed by atoms with Gasteiger partial charge in [0.1, 0.15) is 0 Å². The predicted molar refractivity (Wildman–Crippen MR) is 86.1 cm³/mol. The summed E-state index contributed by atoms with van der Waals surface area (Å²) in [4.78, 5) is 23.9. The van der Waals surface area contributed by atoms with E-state index in [1.807, 2.05) is 36.4 Å². The number of ketones is 1. The van der Waals surface area contributed by atoms with E-state index in [1.54, 1.807) is 31.5 Å². The molecule has 0 saturated carbocycles. The van der Waals surface area contributed by atoms with Gasteiger partial charge in [0.2, 0.25) is 0 Å². The Kier molecular flexibility index (Phi) is 3.98. The van der Waals surface area contributed by atoms with Crippen molar-refractivity contribution in [2.75, 3.05) is 0 Å². The molecule has 1 atom stereocenters.